The molecule has 1 amide bonds. The number of carbonyl (C=O) groups is 2. The summed E-state index contributed by atoms with van der Waals surface area (Å²) in [5, 5.41) is 22.3. The Morgan fingerprint density at radius 1 is 1.44 bits per heavy atom. The fourth-order valence-corrected chi connectivity index (χ4v) is 3.18. The predicted octanol–water partition coefficient (Wildman–Crippen LogP) is 2.76. The summed E-state index contributed by atoms with van der Waals surface area (Å²) in [5.74, 6) is -0.802. The first-order chi connectivity index (χ1) is 11.8. The molecular weight excluding hydrogens is 350 g/mol. The van der Waals surface area contributed by atoms with Crippen LogP contribution in [-0.2, 0) is 9.59 Å². The zero-order valence-electron chi connectivity index (χ0n) is 13.6. The summed E-state index contributed by atoms with van der Waals surface area (Å²) in [6.45, 7) is 1.62. The molecular formula is C16H20ClN3O5. The molecule has 1 unspecified atom stereocenters. The summed E-state index contributed by atoms with van der Waals surface area (Å²) in [7, 11) is 0. The van der Waals surface area contributed by atoms with Gasteiger partial charge in [0.25, 0.3) is 5.69 Å². The van der Waals surface area contributed by atoms with E-state index in [0.29, 0.717) is 18.7 Å². The van der Waals surface area contributed by atoms with Crippen molar-refractivity contribution in [3.8, 4) is 0 Å². The van der Waals surface area contributed by atoms with Crippen molar-refractivity contribution >= 4 is 34.9 Å². The molecule has 1 aliphatic heterocycles. The van der Waals surface area contributed by atoms with Crippen molar-refractivity contribution in [3.63, 3.8) is 0 Å². The molecule has 0 radical (unpaired) electrons. The van der Waals surface area contributed by atoms with Crippen LogP contribution in [0.4, 0.5) is 11.4 Å². The number of aliphatic carboxylic acids is 1. The average Bonchev–Trinajstić information content (AvgIpc) is 2.54. The lowest BCUT2D eigenvalue weighted by atomic mass is 9.93. The number of nitro groups is 1. The Morgan fingerprint density at radius 3 is 2.88 bits per heavy atom. The monoisotopic (exact) mass is 369 g/mol. The molecule has 0 spiro atoms. The van der Waals surface area contributed by atoms with Crippen LogP contribution in [0.2, 0.25) is 5.02 Å². The second-order valence-corrected chi connectivity index (χ2v) is 6.55. The topological polar surface area (TPSA) is 113 Å². The van der Waals surface area contributed by atoms with Crippen molar-refractivity contribution in [2.24, 2.45) is 5.92 Å². The first kappa shape index (κ1) is 19.1. The predicted molar refractivity (Wildman–Crippen MR) is 92.8 cm³/mol. The molecule has 2 N–H and O–H groups in total. The number of piperidine rings is 1. The number of hydrogen-bond donors (Lipinski definition) is 2. The molecule has 1 aliphatic rings. The van der Waals surface area contributed by atoms with Crippen LogP contribution in [0.25, 0.3) is 0 Å². The van der Waals surface area contributed by atoms with Gasteiger partial charge in [-0.05, 0) is 43.9 Å². The van der Waals surface area contributed by atoms with Crippen LogP contribution in [-0.4, -0.2) is 46.4 Å². The van der Waals surface area contributed by atoms with Gasteiger partial charge < -0.3 is 10.4 Å². The van der Waals surface area contributed by atoms with E-state index in [1.807, 2.05) is 4.90 Å². The number of nitrogens with zero attached hydrogens (tertiary/aromatic N) is 2. The zero-order valence-corrected chi connectivity index (χ0v) is 14.4. The number of benzene rings is 1. The quantitative estimate of drug-likeness (QED) is 0.564. The molecule has 0 bridgehead atoms. The summed E-state index contributed by atoms with van der Waals surface area (Å²) >= 11 is 5.75. The van der Waals surface area contributed by atoms with E-state index in [-0.39, 0.29) is 35.5 Å². The van der Waals surface area contributed by atoms with E-state index >= 15 is 0 Å². The van der Waals surface area contributed by atoms with E-state index in [9.17, 15) is 19.7 Å². The minimum absolute atomic E-state index is 0.0142. The molecule has 8 nitrogen and oxygen atoms in total. The Balaban J connectivity index is 1.88. The summed E-state index contributed by atoms with van der Waals surface area (Å²) in [6.07, 6.45) is 2.63. The molecule has 9 heteroatoms. The van der Waals surface area contributed by atoms with Crippen LogP contribution in [0.1, 0.15) is 25.7 Å². The smallest absolute Gasteiger partial charge is 0.303 e. The number of amides is 1. The van der Waals surface area contributed by atoms with Crippen LogP contribution in [0, 0.1) is 16.0 Å². The Bertz CT molecular complexity index is 667. The van der Waals surface area contributed by atoms with E-state index in [1.54, 1.807) is 0 Å². The first-order valence-corrected chi connectivity index (χ1v) is 8.41. The van der Waals surface area contributed by atoms with Crippen LogP contribution in [0.3, 0.4) is 0 Å². The molecule has 136 valence electrons. The summed E-state index contributed by atoms with van der Waals surface area (Å²) in [6, 6.07) is 4.11. The van der Waals surface area contributed by atoms with Crippen molar-refractivity contribution in [2.75, 3.05) is 25.0 Å². The van der Waals surface area contributed by atoms with Crippen LogP contribution < -0.4 is 5.32 Å². The van der Waals surface area contributed by atoms with Crippen molar-refractivity contribution in [3.05, 3.63) is 33.3 Å². The molecule has 1 heterocycles. The standard InChI is InChI=1S/C16H20ClN3O5/c17-13-5-4-12(8-14(13)20(24)25)18-15(21)10-19-7-1-2-11(9-19)3-6-16(22)23/h4-5,8,11H,1-3,6-7,9-10H2,(H,18,21)(H,22,23). The molecule has 1 fully saturated rings. The highest BCUT2D eigenvalue weighted by atomic mass is 35.5. The van der Waals surface area contributed by atoms with Gasteiger partial charge in [0, 0.05) is 24.7 Å². The van der Waals surface area contributed by atoms with Gasteiger partial charge in [0.05, 0.1) is 11.5 Å². The van der Waals surface area contributed by atoms with Gasteiger partial charge in [-0.1, -0.05) is 11.6 Å². The number of nitro benzene ring substituents is 1. The maximum atomic E-state index is 12.2. The minimum atomic E-state index is -0.806. The summed E-state index contributed by atoms with van der Waals surface area (Å²) in [5.41, 5.74) is 0.0618. The highest BCUT2D eigenvalue weighted by Gasteiger charge is 2.22. The molecule has 1 aromatic carbocycles. The third kappa shape index (κ3) is 5.99. The molecule has 2 rings (SSSR count). The van der Waals surface area contributed by atoms with Gasteiger partial charge in [-0.15, -0.1) is 0 Å². The van der Waals surface area contributed by atoms with E-state index in [4.69, 9.17) is 16.7 Å². The highest BCUT2D eigenvalue weighted by molar-refractivity contribution is 6.32. The molecule has 25 heavy (non-hydrogen) atoms. The van der Waals surface area contributed by atoms with Crippen LogP contribution in [0.5, 0.6) is 0 Å². The number of anilines is 1. The highest BCUT2D eigenvalue weighted by Crippen LogP contribution is 2.27. The van der Waals surface area contributed by atoms with Crippen molar-refractivity contribution in [1.82, 2.24) is 4.90 Å². The number of likely N-dealkylation sites (tertiary alicyclic amines) is 1. The minimum Gasteiger partial charge on any atom is -0.481 e. The second kappa shape index (κ2) is 8.77. The van der Waals surface area contributed by atoms with E-state index in [2.05, 4.69) is 5.32 Å². The van der Waals surface area contributed by atoms with E-state index < -0.39 is 10.9 Å². The van der Waals surface area contributed by atoms with Gasteiger partial charge in [-0.3, -0.25) is 24.6 Å². The second-order valence-electron chi connectivity index (χ2n) is 6.15. The third-order valence-electron chi connectivity index (χ3n) is 4.16. The Morgan fingerprint density at radius 2 is 2.20 bits per heavy atom. The van der Waals surface area contributed by atoms with Crippen molar-refractivity contribution in [2.45, 2.75) is 25.7 Å². The molecule has 0 saturated carbocycles. The Hall–Kier alpha value is -2.19. The van der Waals surface area contributed by atoms with Gasteiger partial charge in [0.15, 0.2) is 0 Å². The number of halogens is 1. The maximum Gasteiger partial charge on any atom is 0.303 e. The van der Waals surface area contributed by atoms with Gasteiger partial charge in [0.2, 0.25) is 5.91 Å². The largest absolute Gasteiger partial charge is 0.481 e. The van der Waals surface area contributed by atoms with Crippen LogP contribution >= 0.6 is 11.6 Å². The first-order valence-electron chi connectivity index (χ1n) is 8.03. The molecule has 1 saturated heterocycles. The van der Waals surface area contributed by atoms with E-state index in [1.165, 1.54) is 18.2 Å². The van der Waals surface area contributed by atoms with Crippen molar-refractivity contribution in [1.29, 1.82) is 0 Å². The zero-order chi connectivity index (χ0) is 18.4. The SMILES string of the molecule is O=C(O)CCC1CCCN(CC(=O)Nc2ccc(Cl)c([N+](=O)[O-])c2)C1. The fraction of sp³-hybridized carbons (Fsp3) is 0.500. The fourth-order valence-electron chi connectivity index (χ4n) is 2.99. The van der Waals surface area contributed by atoms with Gasteiger partial charge in [-0.25, -0.2) is 0 Å². The summed E-state index contributed by atoms with van der Waals surface area (Å²) < 4.78 is 0. The number of rotatable bonds is 7. The third-order valence-corrected chi connectivity index (χ3v) is 4.48. The lowest BCUT2D eigenvalue weighted by Crippen LogP contribution is -2.40. The van der Waals surface area contributed by atoms with Crippen molar-refractivity contribution < 1.29 is 19.6 Å². The Labute approximate surface area is 149 Å². The lowest BCUT2D eigenvalue weighted by Gasteiger charge is -2.32. The maximum absolute atomic E-state index is 12.2. The molecule has 1 atom stereocenters. The lowest BCUT2D eigenvalue weighted by molar-refractivity contribution is -0.384. The summed E-state index contributed by atoms with van der Waals surface area (Å²) in [4.78, 5) is 35.1. The van der Waals surface area contributed by atoms with Gasteiger partial charge >= 0.3 is 5.97 Å². The van der Waals surface area contributed by atoms with Gasteiger partial charge in [-0.2, -0.15) is 0 Å². The van der Waals surface area contributed by atoms with Gasteiger partial charge in [0.1, 0.15) is 5.02 Å². The normalized spacial score (nSPS) is 17.9. The van der Waals surface area contributed by atoms with Crippen LogP contribution in [0.15, 0.2) is 18.2 Å². The number of carboxylic acid groups (broad SMARTS) is 1. The number of carbonyl (C=O) groups excluding carboxylic acids is 1. The molecule has 0 aromatic heterocycles. The number of hydrogen-bond acceptors (Lipinski definition) is 5. The number of carboxylic acids is 1. The number of nitrogens with one attached hydrogen (secondary N) is 1. The molecule has 1 aromatic rings. The average molecular weight is 370 g/mol. The van der Waals surface area contributed by atoms with E-state index in [0.717, 1.165) is 19.4 Å². The molecule has 0 aliphatic carbocycles. The Kier molecular flexibility index (Phi) is 6.72.